The molecule has 0 saturated carbocycles. The number of aromatic nitrogens is 4. The maximum Gasteiger partial charge on any atom is 0.165 e. The van der Waals surface area contributed by atoms with Crippen LogP contribution in [0.2, 0.25) is 0 Å². The van der Waals surface area contributed by atoms with Gasteiger partial charge in [0.2, 0.25) is 0 Å². The number of fused-ring (bicyclic) bond motifs is 3. The minimum atomic E-state index is -0.404. The number of methoxy groups -OCH3 is 1. The molecular formula is C18H17FN4O. The fourth-order valence-corrected chi connectivity index (χ4v) is 3.21. The molecule has 0 aliphatic heterocycles. The van der Waals surface area contributed by atoms with Gasteiger partial charge in [-0.25, -0.2) is 9.37 Å². The van der Waals surface area contributed by atoms with Crippen LogP contribution in [0.5, 0.6) is 5.75 Å². The van der Waals surface area contributed by atoms with Crippen molar-refractivity contribution < 1.29 is 9.13 Å². The summed E-state index contributed by atoms with van der Waals surface area (Å²) in [7, 11) is 3.35. The Morgan fingerprint density at radius 3 is 2.88 bits per heavy atom. The summed E-state index contributed by atoms with van der Waals surface area (Å²) < 4.78 is 20.9. The van der Waals surface area contributed by atoms with Crippen LogP contribution < -0.4 is 4.74 Å². The standard InChI is InChI=1S/C18H17FN4O/c1-4-10-8-20-18-15(10)17-12(9-21-18)16(22-23(17)2)11-5-6-14(24-3)13(19)7-11/h5-9H,4H2,1-3H3,(H,20,21). The normalized spacial score (nSPS) is 11.5. The average molecular weight is 324 g/mol. The van der Waals surface area contributed by atoms with Gasteiger partial charge in [-0.3, -0.25) is 4.68 Å². The van der Waals surface area contributed by atoms with Gasteiger partial charge in [0.1, 0.15) is 11.3 Å². The van der Waals surface area contributed by atoms with E-state index in [9.17, 15) is 4.39 Å². The Hall–Kier alpha value is -2.89. The first kappa shape index (κ1) is 14.7. The lowest BCUT2D eigenvalue weighted by Gasteiger charge is -2.03. The van der Waals surface area contributed by atoms with Crippen LogP contribution in [0.4, 0.5) is 4.39 Å². The highest BCUT2D eigenvalue weighted by Crippen LogP contribution is 2.34. The molecule has 4 aromatic rings. The summed E-state index contributed by atoms with van der Waals surface area (Å²) in [5.74, 6) is -0.183. The van der Waals surface area contributed by atoms with E-state index in [1.807, 2.05) is 24.0 Å². The second-order valence-corrected chi connectivity index (χ2v) is 5.73. The second kappa shape index (κ2) is 5.33. The zero-order chi connectivity index (χ0) is 16.8. The van der Waals surface area contributed by atoms with Gasteiger partial charge in [0, 0.05) is 35.8 Å². The van der Waals surface area contributed by atoms with E-state index in [0.29, 0.717) is 11.3 Å². The number of hydrogen-bond donors (Lipinski definition) is 1. The molecule has 0 radical (unpaired) electrons. The summed E-state index contributed by atoms with van der Waals surface area (Å²) in [5.41, 5.74) is 4.46. The van der Waals surface area contributed by atoms with Gasteiger partial charge < -0.3 is 9.72 Å². The van der Waals surface area contributed by atoms with Crippen molar-refractivity contribution in [2.75, 3.05) is 7.11 Å². The van der Waals surface area contributed by atoms with Crippen molar-refractivity contribution in [3.8, 4) is 17.0 Å². The van der Waals surface area contributed by atoms with Crippen LogP contribution in [0.25, 0.3) is 33.2 Å². The van der Waals surface area contributed by atoms with E-state index in [1.165, 1.54) is 18.7 Å². The fourth-order valence-electron chi connectivity index (χ4n) is 3.21. The van der Waals surface area contributed by atoms with Crippen molar-refractivity contribution >= 4 is 21.9 Å². The number of aryl methyl sites for hydroxylation is 2. The van der Waals surface area contributed by atoms with E-state index in [4.69, 9.17) is 4.74 Å². The molecule has 1 aromatic carbocycles. The minimum Gasteiger partial charge on any atom is -0.494 e. The van der Waals surface area contributed by atoms with E-state index in [-0.39, 0.29) is 5.75 Å². The molecule has 0 atom stereocenters. The summed E-state index contributed by atoms with van der Waals surface area (Å²) in [6.07, 6.45) is 4.67. The van der Waals surface area contributed by atoms with Crippen LogP contribution in [0.15, 0.2) is 30.6 Å². The number of halogens is 1. The van der Waals surface area contributed by atoms with E-state index in [2.05, 4.69) is 22.0 Å². The molecule has 1 N–H and O–H groups in total. The molecular weight excluding hydrogens is 307 g/mol. The zero-order valence-corrected chi connectivity index (χ0v) is 13.7. The van der Waals surface area contributed by atoms with Gasteiger partial charge in [0.05, 0.1) is 12.6 Å². The number of pyridine rings is 1. The molecule has 0 amide bonds. The highest BCUT2D eigenvalue weighted by Gasteiger charge is 2.17. The minimum absolute atomic E-state index is 0.221. The van der Waals surface area contributed by atoms with Gasteiger partial charge in [-0.15, -0.1) is 0 Å². The van der Waals surface area contributed by atoms with Crippen molar-refractivity contribution in [2.24, 2.45) is 7.05 Å². The Labute approximate surface area is 138 Å². The third kappa shape index (κ3) is 1.99. The lowest BCUT2D eigenvalue weighted by Crippen LogP contribution is -1.92. The Morgan fingerprint density at radius 2 is 2.17 bits per heavy atom. The van der Waals surface area contributed by atoms with Gasteiger partial charge in [0.15, 0.2) is 11.6 Å². The molecule has 122 valence electrons. The number of H-pyrrole nitrogens is 1. The molecule has 4 rings (SSSR count). The molecule has 5 nitrogen and oxygen atoms in total. The van der Waals surface area contributed by atoms with Crippen LogP contribution in [0.3, 0.4) is 0 Å². The molecule has 3 heterocycles. The molecule has 0 bridgehead atoms. The second-order valence-electron chi connectivity index (χ2n) is 5.73. The molecule has 24 heavy (non-hydrogen) atoms. The predicted octanol–water partition coefficient (Wildman–Crippen LogP) is 3.83. The predicted molar refractivity (Wildman–Crippen MR) is 91.7 cm³/mol. The van der Waals surface area contributed by atoms with Crippen LogP contribution in [-0.2, 0) is 13.5 Å². The Balaban J connectivity index is 2.02. The highest BCUT2D eigenvalue weighted by atomic mass is 19.1. The van der Waals surface area contributed by atoms with Crippen LogP contribution >= 0.6 is 0 Å². The maximum atomic E-state index is 14.1. The van der Waals surface area contributed by atoms with E-state index in [0.717, 1.165) is 28.4 Å². The van der Waals surface area contributed by atoms with Crippen LogP contribution in [-0.4, -0.2) is 26.9 Å². The van der Waals surface area contributed by atoms with Crippen molar-refractivity contribution in [3.05, 3.63) is 42.0 Å². The van der Waals surface area contributed by atoms with E-state index < -0.39 is 5.82 Å². The summed E-state index contributed by atoms with van der Waals surface area (Å²) >= 11 is 0. The topological polar surface area (TPSA) is 55.7 Å². The lowest BCUT2D eigenvalue weighted by atomic mass is 10.1. The quantitative estimate of drug-likeness (QED) is 0.623. The number of benzene rings is 1. The maximum absolute atomic E-state index is 14.1. The molecule has 0 saturated heterocycles. The number of nitrogens with zero attached hydrogens (tertiary/aromatic N) is 3. The highest BCUT2D eigenvalue weighted by molar-refractivity contribution is 6.08. The third-order valence-corrected chi connectivity index (χ3v) is 4.39. The molecule has 6 heteroatoms. The number of nitrogens with one attached hydrogen (secondary N) is 1. The molecule has 3 aromatic heterocycles. The summed E-state index contributed by atoms with van der Waals surface area (Å²) in [6, 6.07) is 4.87. The lowest BCUT2D eigenvalue weighted by molar-refractivity contribution is 0.386. The zero-order valence-electron chi connectivity index (χ0n) is 13.7. The van der Waals surface area contributed by atoms with E-state index >= 15 is 0 Å². The van der Waals surface area contributed by atoms with Crippen molar-refractivity contribution in [3.63, 3.8) is 0 Å². The van der Waals surface area contributed by atoms with Gasteiger partial charge in [-0.05, 0) is 30.2 Å². The monoisotopic (exact) mass is 324 g/mol. The van der Waals surface area contributed by atoms with Crippen molar-refractivity contribution in [2.45, 2.75) is 13.3 Å². The van der Waals surface area contributed by atoms with Crippen molar-refractivity contribution in [1.29, 1.82) is 0 Å². The Kier molecular flexibility index (Phi) is 3.26. The average Bonchev–Trinajstić information content (AvgIpc) is 3.15. The Morgan fingerprint density at radius 1 is 1.33 bits per heavy atom. The van der Waals surface area contributed by atoms with Gasteiger partial charge in [-0.1, -0.05) is 6.92 Å². The number of rotatable bonds is 3. The number of aromatic amines is 1. The van der Waals surface area contributed by atoms with Crippen molar-refractivity contribution in [1.82, 2.24) is 19.7 Å². The molecule has 0 spiro atoms. The molecule has 0 aliphatic rings. The SMILES string of the molecule is CCc1c[nH]c2ncc3c(-c4ccc(OC)c(F)c4)nn(C)c3c12. The first-order valence-electron chi connectivity index (χ1n) is 7.79. The molecule has 0 unspecified atom stereocenters. The first-order valence-corrected chi connectivity index (χ1v) is 7.79. The van der Waals surface area contributed by atoms with Gasteiger partial charge in [0.25, 0.3) is 0 Å². The van der Waals surface area contributed by atoms with Gasteiger partial charge >= 0.3 is 0 Å². The molecule has 0 aliphatic carbocycles. The fraction of sp³-hybridized carbons (Fsp3) is 0.222. The summed E-state index contributed by atoms with van der Waals surface area (Å²) in [4.78, 5) is 7.71. The van der Waals surface area contributed by atoms with Crippen LogP contribution in [0, 0.1) is 5.82 Å². The largest absolute Gasteiger partial charge is 0.494 e. The van der Waals surface area contributed by atoms with E-state index in [1.54, 1.807) is 12.3 Å². The summed E-state index contributed by atoms with van der Waals surface area (Å²) in [5, 5.41) is 6.60. The number of ether oxygens (including phenoxy) is 1. The smallest absolute Gasteiger partial charge is 0.165 e. The number of hydrogen-bond acceptors (Lipinski definition) is 3. The molecule has 0 fully saturated rings. The first-order chi connectivity index (χ1) is 11.6. The van der Waals surface area contributed by atoms with Gasteiger partial charge in [-0.2, -0.15) is 5.10 Å². The Bertz CT molecular complexity index is 1060. The summed E-state index contributed by atoms with van der Waals surface area (Å²) in [6.45, 7) is 2.11. The third-order valence-electron chi connectivity index (χ3n) is 4.39. The van der Waals surface area contributed by atoms with Crippen LogP contribution in [0.1, 0.15) is 12.5 Å².